The van der Waals surface area contributed by atoms with Crippen LogP contribution in [-0.2, 0) is 0 Å². The lowest BCUT2D eigenvalue weighted by Gasteiger charge is -2.23. The second-order valence-corrected chi connectivity index (χ2v) is 3.14. The van der Waals surface area contributed by atoms with Crippen molar-refractivity contribution in [1.29, 1.82) is 0 Å². The Labute approximate surface area is 69.1 Å². The van der Waals surface area contributed by atoms with Crippen molar-refractivity contribution in [3.05, 3.63) is 0 Å². The maximum Gasteiger partial charge on any atom is 0.114 e. The second-order valence-electron chi connectivity index (χ2n) is 3.14. The highest BCUT2D eigenvalue weighted by Crippen LogP contribution is 1.96. The summed E-state index contributed by atoms with van der Waals surface area (Å²) in [7, 11) is 2.16. The number of hydrogen-bond acceptors (Lipinski definition) is 3. The Morgan fingerprint density at radius 2 is 2.00 bits per heavy atom. The van der Waals surface area contributed by atoms with E-state index in [4.69, 9.17) is 0 Å². The summed E-state index contributed by atoms with van der Waals surface area (Å²) in [4.78, 5) is 2.33. The molecule has 1 saturated heterocycles. The molecule has 0 aromatic carbocycles. The zero-order valence-corrected chi connectivity index (χ0v) is 7.56. The SMILES string of the molecule is CCCCN(C)C1NCCN1. The molecule has 0 aromatic rings. The van der Waals surface area contributed by atoms with Crippen LogP contribution in [0.5, 0.6) is 0 Å². The van der Waals surface area contributed by atoms with E-state index in [2.05, 4.69) is 29.5 Å². The number of nitrogens with zero attached hydrogens (tertiary/aromatic N) is 1. The lowest BCUT2D eigenvalue weighted by Crippen LogP contribution is -2.46. The molecule has 0 spiro atoms. The van der Waals surface area contributed by atoms with Crippen molar-refractivity contribution >= 4 is 0 Å². The maximum absolute atomic E-state index is 3.38. The molecule has 1 aliphatic heterocycles. The fraction of sp³-hybridized carbons (Fsp3) is 1.00. The van der Waals surface area contributed by atoms with Crippen LogP contribution in [0.1, 0.15) is 19.8 Å². The van der Waals surface area contributed by atoms with Crippen molar-refractivity contribution < 1.29 is 0 Å². The lowest BCUT2D eigenvalue weighted by molar-refractivity contribution is 0.202. The third-order valence-corrected chi connectivity index (χ3v) is 2.11. The fourth-order valence-corrected chi connectivity index (χ4v) is 1.34. The number of rotatable bonds is 4. The highest BCUT2D eigenvalue weighted by molar-refractivity contribution is 4.71. The highest BCUT2D eigenvalue weighted by Gasteiger charge is 2.16. The van der Waals surface area contributed by atoms with Crippen LogP contribution in [0.3, 0.4) is 0 Å². The molecule has 0 unspecified atom stereocenters. The summed E-state index contributed by atoms with van der Waals surface area (Å²) in [5.41, 5.74) is 0. The van der Waals surface area contributed by atoms with Crippen molar-refractivity contribution in [2.75, 3.05) is 26.7 Å². The molecule has 0 radical (unpaired) electrons. The highest BCUT2D eigenvalue weighted by atomic mass is 15.4. The summed E-state index contributed by atoms with van der Waals surface area (Å²) in [6.07, 6.45) is 2.98. The molecule has 1 fully saturated rings. The average molecular weight is 157 g/mol. The Morgan fingerprint density at radius 1 is 1.36 bits per heavy atom. The number of hydrogen-bond donors (Lipinski definition) is 2. The topological polar surface area (TPSA) is 27.3 Å². The van der Waals surface area contributed by atoms with Crippen LogP contribution in [0, 0.1) is 0 Å². The zero-order chi connectivity index (χ0) is 8.10. The predicted molar refractivity (Wildman–Crippen MR) is 47.3 cm³/mol. The first-order chi connectivity index (χ1) is 5.34. The largest absolute Gasteiger partial charge is 0.288 e. The summed E-state index contributed by atoms with van der Waals surface area (Å²) >= 11 is 0. The van der Waals surface area contributed by atoms with Gasteiger partial charge in [-0.2, -0.15) is 0 Å². The van der Waals surface area contributed by atoms with Gasteiger partial charge in [0.1, 0.15) is 6.29 Å². The zero-order valence-electron chi connectivity index (χ0n) is 7.56. The minimum absolute atomic E-state index is 0.418. The summed E-state index contributed by atoms with van der Waals surface area (Å²) in [5.74, 6) is 0. The molecule has 2 N–H and O–H groups in total. The van der Waals surface area contributed by atoms with Crippen molar-refractivity contribution in [2.45, 2.75) is 26.1 Å². The van der Waals surface area contributed by atoms with E-state index in [1.807, 2.05) is 0 Å². The van der Waals surface area contributed by atoms with Gasteiger partial charge in [0, 0.05) is 19.6 Å². The van der Waals surface area contributed by atoms with Gasteiger partial charge in [0.25, 0.3) is 0 Å². The molecule has 0 amide bonds. The lowest BCUT2D eigenvalue weighted by atomic mass is 10.3. The van der Waals surface area contributed by atoms with Gasteiger partial charge in [-0.05, 0) is 13.5 Å². The first-order valence-electron chi connectivity index (χ1n) is 4.51. The third-order valence-electron chi connectivity index (χ3n) is 2.11. The Bertz CT molecular complexity index is 99.5. The van der Waals surface area contributed by atoms with Gasteiger partial charge in [0.15, 0.2) is 0 Å². The van der Waals surface area contributed by atoms with Crippen LogP contribution >= 0.6 is 0 Å². The molecule has 0 bridgehead atoms. The summed E-state index contributed by atoms with van der Waals surface area (Å²) in [5, 5.41) is 6.76. The van der Waals surface area contributed by atoms with Crippen LogP contribution < -0.4 is 10.6 Å². The van der Waals surface area contributed by atoms with Gasteiger partial charge in [-0.25, -0.2) is 0 Å². The maximum atomic E-state index is 3.38. The quantitative estimate of drug-likeness (QED) is 0.610. The minimum Gasteiger partial charge on any atom is -0.288 e. The predicted octanol–water partition coefficient (Wildman–Crippen LogP) is 0.195. The van der Waals surface area contributed by atoms with E-state index in [9.17, 15) is 0 Å². The molecular weight excluding hydrogens is 138 g/mol. The van der Waals surface area contributed by atoms with E-state index >= 15 is 0 Å². The molecule has 0 aromatic heterocycles. The van der Waals surface area contributed by atoms with Gasteiger partial charge in [-0.3, -0.25) is 15.5 Å². The molecule has 1 aliphatic rings. The fourth-order valence-electron chi connectivity index (χ4n) is 1.34. The van der Waals surface area contributed by atoms with Crippen LogP contribution in [0.25, 0.3) is 0 Å². The molecular formula is C8H19N3. The number of nitrogens with one attached hydrogen (secondary N) is 2. The van der Waals surface area contributed by atoms with Crippen LogP contribution in [0.15, 0.2) is 0 Å². The molecule has 3 heteroatoms. The van der Waals surface area contributed by atoms with E-state index in [1.165, 1.54) is 19.4 Å². The molecule has 0 atom stereocenters. The first kappa shape index (κ1) is 8.97. The standard InChI is InChI=1S/C8H19N3/c1-3-4-7-11(2)8-9-5-6-10-8/h8-10H,3-7H2,1-2H3. The van der Waals surface area contributed by atoms with E-state index in [0.29, 0.717) is 6.29 Å². The van der Waals surface area contributed by atoms with Crippen LogP contribution in [0.2, 0.25) is 0 Å². The van der Waals surface area contributed by atoms with E-state index < -0.39 is 0 Å². The van der Waals surface area contributed by atoms with Crippen LogP contribution in [0.4, 0.5) is 0 Å². The van der Waals surface area contributed by atoms with Gasteiger partial charge < -0.3 is 0 Å². The summed E-state index contributed by atoms with van der Waals surface area (Å²) < 4.78 is 0. The molecule has 66 valence electrons. The summed E-state index contributed by atoms with van der Waals surface area (Å²) in [6.45, 7) is 5.60. The Hall–Kier alpha value is -0.120. The van der Waals surface area contributed by atoms with Gasteiger partial charge in [0.2, 0.25) is 0 Å². The van der Waals surface area contributed by atoms with Gasteiger partial charge in [0.05, 0.1) is 0 Å². The van der Waals surface area contributed by atoms with Gasteiger partial charge in [-0.1, -0.05) is 13.3 Å². The van der Waals surface area contributed by atoms with E-state index in [1.54, 1.807) is 0 Å². The van der Waals surface area contributed by atoms with E-state index in [-0.39, 0.29) is 0 Å². The Morgan fingerprint density at radius 3 is 2.55 bits per heavy atom. The third kappa shape index (κ3) is 2.77. The van der Waals surface area contributed by atoms with Crippen molar-refractivity contribution in [1.82, 2.24) is 15.5 Å². The van der Waals surface area contributed by atoms with Gasteiger partial charge >= 0.3 is 0 Å². The minimum atomic E-state index is 0.418. The molecule has 3 nitrogen and oxygen atoms in total. The van der Waals surface area contributed by atoms with Gasteiger partial charge in [-0.15, -0.1) is 0 Å². The molecule has 1 heterocycles. The second kappa shape index (κ2) is 4.70. The smallest absolute Gasteiger partial charge is 0.114 e. The average Bonchev–Trinajstić information content (AvgIpc) is 2.52. The van der Waals surface area contributed by atoms with Crippen molar-refractivity contribution in [3.8, 4) is 0 Å². The normalized spacial score (nSPS) is 19.9. The first-order valence-corrected chi connectivity index (χ1v) is 4.51. The molecule has 0 saturated carbocycles. The molecule has 11 heavy (non-hydrogen) atoms. The van der Waals surface area contributed by atoms with Crippen molar-refractivity contribution in [2.24, 2.45) is 0 Å². The summed E-state index contributed by atoms with van der Waals surface area (Å²) in [6, 6.07) is 0. The van der Waals surface area contributed by atoms with E-state index in [0.717, 1.165) is 13.1 Å². The molecule has 0 aliphatic carbocycles. The number of unbranched alkanes of at least 4 members (excludes halogenated alkanes) is 1. The Kier molecular flexibility index (Phi) is 3.83. The monoisotopic (exact) mass is 157 g/mol. The molecule has 1 rings (SSSR count). The van der Waals surface area contributed by atoms with Crippen molar-refractivity contribution in [3.63, 3.8) is 0 Å². The van der Waals surface area contributed by atoms with Crippen LogP contribution in [-0.4, -0.2) is 37.9 Å². The Balaban J connectivity index is 2.12.